The maximum atomic E-state index is 13.8. The highest BCUT2D eigenvalue weighted by molar-refractivity contribution is 7.13. The van der Waals surface area contributed by atoms with E-state index in [-0.39, 0.29) is 17.0 Å². The molecule has 110 valence electrons. The number of anilines is 1. The Morgan fingerprint density at radius 2 is 2.33 bits per heavy atom. The number of aryl methyl sites for hydroxylation is 1. The zero-order valence-corrected chi connectivity index (χ0v) is 12.0. The van der Waals surface area contributed by atoms with Crippen molar-refractivity contribution < 1.29 is 14.1 Å². The monoisotopic (exact) mass is 310 g/mol. The van der Waals surface area contributed by atoms with Gasteiger partial charge >= 0.3 is 5.69 Å². The van der Waals surface area contributed by atoms with Crippen molar-refractivity contribution in [2.75, 3.05) is 12.5 Å². The van der Waals surface area contributed by atoms with E-state index in [1.165, 1.54) is 18.4 Å². The number of methoxy groups -OCH3 is 1. The Morgan fingerprint density at radius 3 is 2.90 bits per heavy atom. The number of nitrogens with one attached hydrogen (secondary N) is 1. The topological polar surface area (TPSA) is 89.7 Å². The van der Waals surface area contributed by atoms with Gasteiger partial charge < -0.3 is 4.74 Å². The molecule has 0 saturated heterocycles. The van der Waals surface area contributed by atoms with E-state index in [2.05, 4.69) is 15.5 Å². The summed E-state index contributed by atoms with van der Waals surface area (Å²) in [7, 11) is 1.24. The Labute approximate surface area is 123 Å². The third-order valence-corrected chi connectivity index (χ3v) is 3.34. The third kappa shape index (κ3) is 3.51. The van der Waals surface area contributed by atoms with Crippen molar-refractivity contribution in [3.8, 4) is 5.75 Å². The molecule has 1 N–H and O–H groups in total. The second kappa shape index (κ2) is 6.27. The second-order valence-electron chi connectivity index (χ2n) is 3.97. The first-order chi connectivity index (χ1) is 10.0. The largest absolute Gasteiger partial charge is 0.490 e. The van der Waals surface area contributed by atoms with E-state index >= 15 is 0 Å². The zero-order valence-electron chi connectivity index (χ0n) is 11.2. The van der Waals surface area contributed by atoms with Gasteiger partial charge in [-0.1, -0.05) is 0 Å². The molecule has 21 heavy (non-hydrogen) atoms. The first-order valence-corrected chi connectivity index (χ1v) is 6.62. The fourth-order valence-electron chi connectivity index (χ4n) is 1.53. The first kappa shape index (κ1) is 14.9. The van der Waals surface area contributed by atoms with Crippen LogP contribution in [0.3, 0.4) is 0 Å². The van der Waals surface area contributed by atoms with Gasteiger partial charge in [0.2, 0.25) is 5.13 Å². The number of hydrogen-bond acceptors (Lipinski definition) is 7. The fraction of sp³-hybridized carbons (Fsp3) is 0.167. The SMILES string of the molecule is COc1cc(F)c(C=NNc2nc(C)cs2)cc1[N+](=O)[O-]. The molecule has 9 heteroatoms. The van der Waals surface area contributed by atoms with Crippen LogP contribution in [-0.4, -0.2) is 23.2 Å². The van der Waals surface area contributed by atoms with Crippen LogP contribution in [0.5, 0.6) is 5.75 Å². The molecule has 1 aromatic carbocycles. The molecule has 0 radical (unpaired) electrons. The number of aromatic nitrogens is 1. The highest BCUT2D eigenvalue weighted by Gasteiger charge is 2.18. The summed E-state index contributed by atoms with van der Waals surface area (Å²) >= 11 is 1.35. The van der Waals surface area contributed by atoms with Gasteiger partial charge in [0, 0.05) is 23.1 Å². The van der Waals surface area contributed by atoms with Crippen LogP contribution in [-0.2, 0) is 0 Å². The van der Waals surface area contributed by atoms with Crippen LogP contribution in [0.1, 0.15) is 11.3 Å². The number of benzene rings is 1. The molecule has 0 fully saturated rings. The van der Waals surface area contributed by atoms with E-state index < -0.39 is 10.7 Å². The summed E-state index contributed by atoms with van der Waals surface area (Å²) in [5.74, 6) is -0.809. The van der Waals surface area contributed by atoms with Crippen LogP contribution in [0, 0.1) is 22.9 Å². The molecule has 0 aliphatic heterocycles. The number of thiazole rings is 1. The van der Waals surface area contributed by atoms with Gasteiger partial charge in [0.25, 0.3) is 0 Å². The van der Waals surface area contributed by atoms with Crippen molar-refractivity contribution in [1.82, 2.24) is 4.98 Å². The summed E-state index contributed by atoms with van der Waals surface area (Å²) in [6, 6.07) is 2.01. The lowest BCUT2D eigenvalue weighted by Gasteiger charge is -2.03. The Hall–Kier alpha value is -2.55. The number of hydrogen-bond donors (Lipinski definition) is 1. The molecule has 0 aliphatic rings. The summed E-state index contributed by atoms with van der Waals surface area (Å²) in [4.78, 5) is 14.3. The van der Waals surface area contributed by atoms with Crippen LogP contribution < -0.4 is 10.2 Å². The lowest BCUT2D eigenvalue weighted by Crippen LogP contribution is -1.99. The van der Waals surface area contributed by atoms with Crippen LogP contribution in [0.25, 0.3) is 0 Å². The van der Waals surface area contributed by atoms with Crippen molar-refractivity contribution in [1.29, 1.82) is 0 Å². The van der Waals surface area contributed by atoms with Crippen LogP contribution in [0.4, 0.5) is 15.2 Å². The standard InChI is InChI=1S/C12H11FN4O3S/c1-7-6-21-12(15-7)16-14-5-8-3-10(17(18)19)11(20-2)4-9(8)13/h3-6H,1-2H3,(H,15,16). The lowest BCUT2D eigenvalue weighted by molar-refractivity contribution is -0.385. The van der Waals surface area contributed by atoms with E-state index in [1.54, 1.807) is 0 Å². The predicted molar refractivity (Wildman–Crippen MR) is 77.7 cm³/mol. The van der Waals surface area contributed by atoms with E-state index in [4.69, 9.17) is 4.74 Å². The molecular weight excluding hydrogens is 299 g/mol. The zero-order chi connectivity index (χ0) is 15.4. The summed E-state index contributed by atoms with van der Waals surface area (Å²) in [6.07, 6.45) is 1.15. The molecular formula is C12H11FN4O3S. The van der Waals surface area contributed by atoms with Gasteiger partial charge in [0.15, 0.2) is 5.75 Å². The van der Waals surface area contributed by atoms with Crippen LogP contribution in [0.15, 0.2) is 22.6 Å². The van der Waals surface area contributed by atoms with Crippen molar-refractivity contribution in [3.05, 3.63) is 44.7 Å². The van der Waals surface area contributed by atoms with Gasteiger partial charge in [0.05, 0.1) is 23.9 Å². The normalized spacial score (nSPS) is 10.8. The summed E-state index contributed by atoms with van der Waals surface area (Å²) in [5, 5.41) is 17.1. The van der Waals surface area contributed by atoms with E-state index in [0.29, 0.717) is 5.13 Å². The molecule has 0 saturated carbocycles. The lowest BCUT2D eigenvalue weighted by atomic mass is 10.2. The second-order valence-corrected chi connectivity index (χ2v) is 4.82. The van der Waals surface area contributed by atoms with Crippen molar-refractivity contribution in [3.63, 3.8) is 0 Å². The van der Waals surface area contributed by atoms with E-state index in [9.17, 15) is 14.5 Å². The molecule has 0 unspecified atom stereocenters. The highest BCUT2D eigenvalue weighted by Crippen LogP contribution is 2.29. The number of halogens is 1. The molecule has 1 aromatic heterocycles. The van der Waals surface area contributed by atoms with E-state index in [0.717, 1.165) is 24.0 Å². The number of nitrogens with zero attached hydrogens (tertiary/aromatic N) is 3. The minimum atomic E-state index is -0.668. The maximum absolute atomic E-state index is 13.8. The average molecular weight is 310 g/mol. The van der Waals surface area contributed by atoms with Gasteiger partial charge in [-0.2, -0.15) is 5.10 Å². The molecule has 0 bridgehead atoms. The van der Waals surface area contributed by atoms with Gasteiger partial charge in [-0.05, 0) is 6.92 Å². The third-order valence-electron chi connectivity index (χ3n) is 2.48. The van der Waals surface area contributed by atoms with Gasteiger partial charge in [0.1, 0.15) is 5.82 Å². The van der Waals surface area contributed by atoms with Crippen LogP contribution >= 0.6 is 11.3 Å². The Kier molecular flexibility index (Phi) is 4.43. The smallest absolute Gasteiger partial charge is 0.311 e. The molecule has 2 rings (SSSR count). The Balaban J connectivity index is 2.23. The average Bonchev–Trinajstić information content (AvgIpc) is 2.85. The molecule has 0 aliphatic carbocycles. The predicted octanol–water partition coefficient (Wildman–Crippen LogP) is 2.95. The minimum absolute atomic E-state index is 0.0247. The number of nitro benzene ring substituents is 1. The quantitative estimate of drug-likeness (QED) is 0.521. The molecule has 0 atom stereocenters. The maximum Gasteiger partial charge on any atom is 0.311 e. The highest BCUT2D eigenvalue weighted by atomic mass is 32.1. The molecule has 2 aromatic rings. The fourth-order valence-corrected chi connectivity index (χ4v) is 2.16. The van der Waals surface area contributed by atoms with Crippen molar-refractivity contribution in [2.45, 2.75) is 6.92 Å². The molecule has 0 amide bonds. The number of hydrazone groups is 1. The summed E-state index contributed by atoms with van der Waals surface area (Å²) in [5.41, 5.74) is 3.11. The van der Waals surface area contributed by atoms with Crippen molar-refractivity contribution in [2.24, 2.45) is 5.10 Å². The molecule has 0 spiro atoms. The Bertz CT molecular complexity index is 702. The molecule has 7 nitrogen and oxygen atoms in total. The van der Waals surface area contributed by atoms with Crippen LogP contribution in [0.2, 0.25) is 0 Å². The minimum Gasteiger partial charge on any atom is -0.490 e. The van der Waals surface area contributed by atoms with E-state index in [1.807, 2.05) is 12.3 Å². The number of nitro groups is 1. The summed E-state index contributed by atoms with van der Waals surface area (Å²) in [6.45, 7) is 1.83. The number of ether oxygens (including phenoxy) is 1. The summed E-state index contributed by atoms with van der Waals surface area (Å²) < 4.78 is 18.5. The van der Waals surface area contributed by atoms with Gasteiger partial charge in [-0.3, -0.25) is 15.5 Å². The Morgan fingerprint density at radius 1 is 1.57 bits per heavy atom. The number of rotatable bonds is 5. The van der Waals surface area contributed by atoms with Gasteiger partial charge in [-0.15, -0.1) is 11.3 Å². The van der Waals surface area contributed by atoms with Gasteiger partial charge in [-0.25, -0.2) is 9.37 Å². The molecule has 1 heterocycles. The van der Waals surface area contributed by atoms with Crippen molar-refractivity contribution >= 4 is 28.4 Å². The first-order valence-electron chi connectivity index (χ1n) is 5.74.